The number of hydrogen-bond acceptors (Lipinski definition) is 10. The van der Waals surface area contributed by atoms with Crippen molar-refractivity contribution in [1.82, 2.24) is 4.98 Å². The van der Waals surface area contributed by atoms with Gasteiger partial charge in [0.2, 0.25) is 0 Å². The standard InChI is InChI=1S/C21H21N3O7S2/c1-29-19(25)13-3-5-15(20(26)30-2)18(11-13)33(27,28)23-14-4-6-16-17(12-14)32-21(22-16)24-7-9-31-10-8-24/h3-6,11-12,23H,7-10H2,1-2H3. The predicted octanol–water partition coefficient (Wildman–Crippen LogP) is 2.51. The van der Waals surface area contributed by atoms with Crippen LogP contribution in [0.4, 0.5) is 10.8 Å². The van der Waals surface area contributed by atoms with Gasteiger partial charge in [0.05, 0.1) is 54.5 Å². The van der Waals surface area contributed by atoms with E-state index in [1.807, 2.05) is 0 Å². The number of ether oxygens (including phenoxy) is 3. The second-order valence-corrected chi connectivity index (χ2v) is 9.74. The van der Waals surface area contributed by atoms with Crippen LogP contribution in [0.25, 0.3) is 10.2 Å². The first-order valence-electron chi connectivity index (χ1n) is 9.89. The number of rotatable bonds is 6. The molecule has 1 fully saturated rings. The number of esters is 2. The molecule has 12 heteroatoms. The Balaban J connectivity index is 1.67. The van der Waals surface area contributed by atoms with Gasteiger partial charge in [-0.2, -0.15) is 0 Å². The van der Waals surface area contributed by atoms with Gasteiger partial charge in [-0.05, 0) is 36.4 Å². The lowest BCUT2D eigenvalue weighted by Gasteiger charge is -2.25. The van der Waals surface area contributed by atoms with Gasteiger partial charge in [0.15, 0.2) is 5.13 Å². The molecule has 0 bridgehead atoms. The Morgan fingerprint density at radius 3 is 2.48 bits per heavy atom. The number of morpholine rings is 1. The maximum Gasteiger partial charge on any atom is 0.339 e. The Hall–Kier alpha value is -3.22. The summed E-state index contributed by atoms with van der Waals surface area (Å²) in [5.41, 5.74) is 0.816. The molecular formula is C21H21N3O7S2. The monoisotopic (exact) mass is 491 g/mol. The number of benzene rings is 2. The average molecular weight is 492 g/mol. The second-order valence-electron chi connectivity index (χ2n) is 7.08. The van der Waals surface area contributed by atoms with Crippen LogP contribution in [0.2, 0.25) is 0 Å². The number of thiazole rings is 1. The molecule has 33 heavy (non-hydrogen) atoms. The highest BCUT2D eigenvalue weighted by molar-refractivity contribution is 7.92. The fraction of sp³-hybridized carbons (Fsp3) is 0.286. The Labute approximate surface area is 194 Å². The maximum atomic E-state index is 13.2. The summed E-state index contributed by atoms with van der Waals surface area (Å²) in [7, 11) is -1.92. The molecule has 4 rings (SSSR count). The SMILES string of the molecule is COC(=O)c1ccc(C(=O)OC)c(S(=O)(=O)Nc2ccc3nc(N4CCOCC4)sc3c2)c1. The van der Waals surface area contributed by atoms with Crippen LogP contribution in [0, 0.1) is 0 Å². The lowest BCUT2D eigenvalue weighted by atomic mass is 10.1. The molecular weight excluding hydrogens is 470 g/mol. The van der Waals surface area contributed by atoms with Gasteiger partial charge in [-0.25, -0.2) is 23.0 Å². The van der Waals surface area contributed by atoms with Crippen LogP contribution in [0.3, 0.4) is 0 Å². The van der Waals surface area contributed by atoms with Crippen LogP contribution in [0.1, 0.15) is 20.7 Å². The highest BCUT2D eigenvalue weighted by atomic mass is 32.2. The minimum Gasteiger partial charge on any atom is -0.465 e. The number of aromatic nitrogens is 1. The average Bonchev–Trinajstić information content (AvgIpc) is 3.26. The molecule has 1 N–H and O–H groups in total. The summed E-state index contributed by atoms with van der Waals surface area (Å²) < 4.78 is 44.4. The molecule has 2 aromatic carbocycles. The smallest absolute Gasteiger partial charge is 0.339 e. The number of nitrogens with zero attached hydrogens (tertiary/aromatic N) is 2. The summed E-state index contributed by atoms with van der Waals surface area (Å²) in [4.78, 5) is 30.4. The number of carbonyl (C=O) groups is 2. The molecule has 0 amide bonds. The topological polar surface area (TPSA) is 124 Å². The fourth-order valence-electron chi connectivity index (χ4n) is 3.34. The first-order chi connectivity index (χ1) is 15.8. The molecule has 1 aliphatic heterocycles. The van der Waals surface area contributed by atoms with Crippen LogP contribution < -0.4 is 9.62 Å². The number of fused-ring (bicyclic) bond motifs is 1. The zero-order valence-corrected chi connectivity index (χ0v) is 19.5. The molecule has 174 valence electrons. The maximum absolute atomic E-state index is 13.2. The summed E-state index contributed by atoms with van der Waals surface area (Å²) in [6.45, 7) is 2.75. The number of hydrogen-bond donors (Lipinski definition) is 1. The largest absolute Gasteiger partial charge is 0.465 e. The normalized spacial score (nSPS) is 14.2. The molecule has 0 aliphatic carbocycles. The summed E-state index contributed by atoms with van der Waals surface area (Å²) >= 11 is 1.45. The van der Waals surface area contributed by atoms with E-state index in [0.29, 0.717) is 18.9 Å². The number of sulfonamides is 1. The van der Waals surface area contributed by atoms with E-state index in [-0.39, 0.29) is 11.1 Å². The van der Waals surface area contributed by atoms with Gasteiger partial charge in [-0.1, -0.05) is 11.3 Å². The lowest BCUT2D eigenvalue weighted by Crippen LogP contribution is -2.36. The van der Waals surface area contributed by atoms with Crippen LogP contribution >= 0.6 is 11.3 Å². The molecule has 0 saturated carbocycles. The molecule has 0 spiro atoms. The Morgan fingerprint density at radius 1 is 1.06 bits per heavy atom. The summed E-state index contributed by atoms with van der Waals surface area (Å²) in [5.74, 6) is -1.58. The van der Waals surface area contributed by atoms with Crippen molar-refractivity contribution in [3.63, 3.8) is 0 Å². The Kier molecular flexibility index (Phi) is 6.49. The molecule has 3 aromatic rings. The van der Waals surface area contributed by atoms with Crippen LogP contribution in [-0.4, -0.2) is 65.9 Å². The number of anilines is 2. The van der Waals surface area contributed by atoms with Crippen molar-refractivity contribution in [1.29, 1.82) is 0 Å². The van der Waals surface area contributed by atoms with Crippen LogP contribution in [0.15, 0.2) is 41.3 Å². The summed E-state index contributed by atoms with van der Waals surface area (Å²) in [6, 6.07) is 8.59. The molecule has 1 aromatic heterocycles. The van der Waals surface area contributed by atoms with Gasteiger partial charge in [0.1, 0.15) is 4.90 Å². The quantitative estimate of drug-likeness (QED) is 0.518. The van der Waals surface area contributed by atoms with E-state index in [2.05, 4.69) is 19.3 Å². The molecule has 10 nitrogen and oxygen atoms in total. The van der Waals surface area contributed by atoms with E-state index in [0.717, 1.165) is 41.6 Å². The van der Waals surface area contributed by atoms with E-state index in [1.54, 1.807) is 18.2 Å². The van der Waals surface area contributed by atoms with Gasteiger partial charge in [-0.15, -0.1) is 0 Å². The van der Waals surface area contributed by atoms with Crippen molar-refractivity contribution >= 4 is 54.3 Å². The molecule has 1 aliphatic rings. The highest BCUT2D eigenvalue weighted by Gasteiger charge is 2.26. The van der Waals surface area contributed by atoms with E-state index >= 15 is 0 Å². The van der Waals surface area contributed by atoms with Crippen LogP contribution in [0.5, 0.6) is 0 Å². The predicted molar refractivity (Wildman–Crippen MR) is 123 cm³/mol. The van der Waals surface area contributed by atoms with E-state index in [9.17, 15) is 18.0 Å². The van der Waals surface area contributed by atoms with Crippen molar-refractivity contribution in [2.75, 3.05) is 50.1 Å². The fourth-order valence-corrected chi connectivity index (χ4v) is 5.67. The number of nitrogens with one attached hydrogen (secondary N) is 1. The zero-order chi connectivity index (χ0) is 23.6. The van der Waals surface area contributed by atoms with Crippen molar-refractivity contribution < 1.29 is 32.2 Å². The first-order valence-corrected chi connectivity index (χ1v) is 12.2. The second kappa shape index (κ2) is 9.33. The molecule has 1 saturated heterocycles. The van der Waals surface area contributed by atoms with Crippen molar-refractivity contribution in [2.24, 2.45) is 0 Å². The third-order valence-corrected chi connectivity index (χ3v) is 7.51. The van der Waals surface area contributed by atoms with Gasteiger partial charge >= 0.3 is 11.9 Å². The van der Waals surface area contributed by atoms with E-state index in [1.165, 1.54) is 30.6 Å². The third-order valence-electron chi connectivity index (χ3n) is 5.01. The van der Waals surface area contributed by atoms with Gasteiger partial charge in [0, 0.05) is 13.1 Å². The molecule has 0 atom stereocenters. The van der Waals surface area contributed by atoms with E-state index < -0.39 is 26.9 Å². The molecule has 0 radical (unpaired) electrons. The van der Waals surface area contributed by atoms with E-state index in [4.69, 9.17) is 9.47 Å². The lowest BCUT2D eigenvalue weighted by molar-refractivity contribution is 0.0583. The van der Waals surface area contributed by atoms with Crippen molar-refractivity contribution in [2.45, 2.75) is 4.90 Å². The molecule has 2 heterocycles. The minimum atomic E-state index is -4.25. The van der Waals surface area contributed by atoms with Gasteiger partial charge in [0.25, 0.3) is 10.0 Å². The Morgan fingerprint density at radius 2 is 1.79 bits per heavy atom. The Bertz CT molecular complexity index is 1310. The number of methoxy groups -OCH3 is 2. The van der Waals surface area contributed by atoms with Crippen molar-refractivity contribution in [3.05, 3.63) is 47.5 Å². The van der Waals surface area contributed by atoms with Crippen LogP contribution in [-0.2, 0) is 24.2 Å². The summed E-state index contributed by atoms with van der Waals surface area (Å²) in [5, 5.41) is 0.840. The van der Waals surface area contributed by atoms with Gasteiger partial charge < -0.3 is 19.1 Å². The number of carbonyl (C=O) groups excluding carboxylic acids is 2. The first kappa shape index (κ1) is 23.0. The zero-order valence-electron chi connectivity index (χ0n) is 17.9. The third kappa shape index (κ3) is 4.77. The minimum absolute atomic E-state index is 0.0152. The molecule has 0 unspecified atom stereocenters. The summed E-state index contributed by atoms with van der Waals surface area (Å²) in [6.07, 6.45) is 0. The highest BCUT2D eigenvalue weighted by Crippen LogP contribution is 2.32. The van der Waals surface area contributed by atoms with Crippen molar-refractivity contribution in [3.8, 4) is 0 Å². The van der Waals surface area contributed by atoms with Gasteiger partial charge in [-0.3, -0.25) is 4.72 Å².